The van der Waals surface area contributed by atoms with Gasteiger partial charge in [0.05, 0.1) is 18.6 Å². The van der Waals surface area contributed by atoms with E-state index >= 15 is 0 Å². The largest absolute Gasteiger partial charge is 0.361 e. The molecule has 0 saturated heterocycles. The molecule has 7 heavy (non-hydrogen) atoms. The van der Waals surface area contributed by atoms with Gasteiger partial charge in [-0.1, -0.05) is 0 Å². The van der Waals surface area contributed by atoms with Crippen molar-refractivity contribution in [3.8, 4) is 0 Å². The summed E-state index contributed by atoms with van der Waals surface area (Å²) in [6, 6.07) is 0. The average Bonchev–Trinajstić information content (AvgIpc) is 2.14. The lowest BCUT2D eigenvalue weighted by Gasteiger charge is -1.89. The topological polar surface area (TPSA) is 44.6 Å². The number of aliphatic imine (C=N–C) groups is 1. The van der Waals surface area contributed by atoms with Crippen molar-refractivity contribution in [2.24, 2.45) is 4.99 Å². The Bertz CT molecular complexity index is 92.9. The van der Waals surface area contributed by atoms with E-state index in [9.17, 15) is 0 Å². The maximum absolute atomic E-state index is 8.29. The van der Waals surface area contributed by atoms with Gasteiger partial charge in [0.25, 0.3) is 0 Å². The first kappa shape index (κ1) is 4.93. The highest BCUT2D eigenvalue weighted by Gasteiger charge is 2.01. The molecule has 0 aromatic heterocycles. The number of amidine groups is 1. The van der Waals surface area contributed by atoms with Crippen LogP contribution in [0.4, 0.5) is 0 Å². The fraction of sp³-hybridized carbons (Fsp3) is 0.667. The Labute approximate surface area is 46.0 Å². The first-order chi connectivity index (χ1) is 3.43. The zero-order valence-electron chi connectivity index (χ0n) is 3.72. The fourth-order valence-corrected chi connectivity index (χ4v) is 0.753. The maximum atomic E-state index is 8.29. The third-order valence-corrected chi connectivity index (χ3v) is 1.18. The molecular weight excluding hydrogens is 112 g/mol. The minimum absolute atomic E-state index is 0.639. The molecule has 0 aliphatic carbocycles. The standard InChI is InChI=1S/C3H6N2OS/c6-7-3-4-1-2-5-3/h6H,1-2H2,(H,4,5). The summed E-state index contributed by atoms with van der Waals surface area (Å²) in [5, 5.41) is 3.51. The molecule has 4 heteroatoms. The van der Waals surface area contributed by atoms with Gasteiger partial charge < -0.3 is 9.87 Å². The van der Waals surface area contributed by atoms with E-state index in [0.29, 0.717) is 17.2 Å². The Balaban J connectivity index is 2.36. The minimum atomic E-state index is 0.639. The van der Waals surface area contributed by atoms with Crippen molar-refractivity contribution in [3.63, 3.8) is 0 Å². The van der Waals surface area contributed by atoms with Gasteiger partial charge in [0.15, 0.2) is 5.17 Å². The van der Waals surface area contributed by atoms with Crippen LogP contribution >= 0.6 is 12.0 Å². The molecule has 0 radical (unpaired) electrons. The van der Waals surface area contributed by atoms with Crippen LogP contribution in [-0.4, -0.2) is 22.8 Å². The summed E-state index contributed by atoms with van der Waals surface area (Å²) in [5.74, 6) is 0. The zero-order chi connectivity index (χ0) is 5.11. The van der Waals surface area contributed by atoms with E-state index in [1.165, 1.54) is 0 Å². The fourth-order valence-electron chi connectivity index (χ4n) is 0.437. The van der Waals surface area contributed by atoms with Crippen LogP contribution in [0.2, 0.25) is 0 Å². The molecule has 0 aromatic rings. The van der Waals surface area contributed by atoms with Crippen molar-refractivity contribution in [1.29, 1.82) is 0 Å². The van der Waals surface area contributed by atoms with E-state index in [0.717, 1.165) is 13.1 Å². The van der Waals surface area contributed by atoms with E-state index in [-0.39, 0.29) is 0 Å². The van der Waals surface area contributed by atoms with Gasteiger partial charge in [0, 0.05) is 6.54 Å². The Morgan fingerprint density at radius 2 is 2.71 bits per heavy atom. The Kier molecular flexibility index (Phi) is 1.54. The summed E-state index contributed by atoms with van der Waals surface area (Å²) < 4.78 is 8.29. The van der Waals surface area contributed by atoms with Crippen molar-refractivity contribution in [1.82, 2.24) is 5.32 Å². The third kappa shape index (κ3) is 1.07. The first-order valence-corrected chi connectivity index (χ1v) is 2.80. The number of rotatable bonds is 0. The summed E-state index contributed by atoms with van der Waals surface area (Å²) in [5.41, 5.74) is 0. The van der Waals surface area contributed by atoms with Crippen molar-refractivity contribution in [2.75, 3.05) is 13.1 Å². The van der Waals surface area contributed by atoms with E-state index in [1.54, 1.807) is 0 Å². The van der Waals surface area contributed by atoms with Gasteiger partial charge >= 0.3 is 0 Å². The summed E-state index contributed by atoms with van der Waals surface area (Å²) in [6.07, 6.45) is 0. The molecule has 40 valence electrons. The molecule has 1 aliphatic rings. The number of nitrogens with one attached hydrogen (secondary N) is 1. The molecule has 1 rings (SSSR count). The molecule has 0 unspecified atom stereocenters. The molecule has 0 spiro atoms. The third-order valence-electron chi connectivity index (χ3n) is 0.730. The van der Waals surface area contributed by atoms with Crippen molar-refractivity contribution in [3.05, 3.63) is 0 Å². The van der Waals surface area contributed by atoms with Crippen LogP contribution < -0.4 is 5.32 Å². The van der Waals surface area contributed by atoms with Crippen LogP contribution in [0.1, 0.15) is 0 Å². The van der Waals surface area contributed by atoms with E-state index in [1.807, 2.05) is 0 Å². The number of hydrogen-bond donors (Lipinski definition) is 2. The van der Waals surface area contributed by atoms with Crippen LogP contribution in [-0.2, 0) is 0 Å². The lowest BCUT2D eigenvalue weighted by atomic mass is 10.7. The molecule has 0 saturated carbocycles. The quantitative estimate of drug-likeness (QED) is 0.445. The van der Waals surface area contributed by atoms with Crippen LogP contribution in [0.25, 0.3) is 0 Å². The average molecular weight is 118 g/mol. The van der Waals surface area contributed by atoms with E-state index in [2.05, 4.69) is 10.3 Å². The SMILES string of the molecule is OSC1=NCCN1. The van der Waals surface area contributed by atoms with Crippen molar-refractivity contribution >= 4 is 17.2 Å². The molecule has 0 aromatic carbocycles. The Morgan fingerprint density at radius 1 is 1.86 bits per heavy atom. The van der Waals surface area contributed by atoms with Gasteiger partial charge in [-0.3, -0.25) is 4.99 Å². The number of nitrogens with zero attached hydrogens (tertiary/aromatic N) is 1. The lowest BCUT2D eigenvalue weighted by Crippen LogP contribution is -2.14. The van der Waals surface area contributed by atoms with Gasteiger partial charge in [-0.25, -0.2) is 0 Å². The van der Waals surface area contributed by atoms with Gasteiger partial charge in [0.2, 0.25) is 0 Å². The molecule has 2 N–H and O–H groups in total. The second-order valence-corrected chi connectivity index (χ2v) is 1.77. The van der Waals surface area contributed by atoms with Crippen LogP contribution in [0.15, 0.2) is 4.99 Å². The zero-order valence-corrected chi connectivity index (χ0v) is 4.53. The highest BCUT2D eigenvalue weighted by molar-refractivity contribution is 8.09. The minimum Gasteiger partial charge on any atom is -0.361 e. The summed E-state index contributed by atoms with van der Waals surface area (Å²) in [6.45, 7) is 1.66. The maximum Gasteiger partial charge on any atom is 0.184 e. The van der Waals surface area contributed by atoms with Gasteiger partial charge in [0.1, 0.15) is 0 Å². The molecule has 3 nitrogen and oxygen atoms in total. The molecule has 0 bridgehead atoms. The lowest BCUT2D eigenvalue weighted by molar-refractivity contribution is 0.672. The molecule has 1 heterocycles. The van der Waals surface area contributed by atoms with E-state index < -0.39 is 0 Å². The molecule has 1 aliphatic heterocycles. The summed E-state index contributed by atoms with van der Waals surface area (Å²) in [7, 11) is 0. The Hall–Kier alpha value is -0.220. The Morgan fingerprint density at radius 3 is 3.00 bits per heavy atom. The normalized spacial score (nSPS) is 18.7. The van der Waals surface area contributed by atoms with Crippen molar-refractivity contribution in [2.45, 2.75) is 0 Å². The highest BCUT2D eigenvalue weighted by Crippen LogP contribution is 1.96. The van der Waals surface area contributed by atoms with Crippen LogP contribution in [0.3, 0.4) is 0 Å². The second-order valence-electron chi connectivity index (χ2n) is 1.20. The van der Waals surface area contributed by atoms with Gasteiger partial charge in [-0.05, 0) is 0 Å². The van der Waals surface area contributed by atoms with Crippen LogP contribution in [0.5, 0.6) is 0 Å². The monoisotopic (exact) mass is 118 g/mol. The second kappa shape index (κ2) is 2.18. The van der Waals surface area contributed by atoms with E-state index in [4.69, 9.17) is 4.55 Å². The summed E-state index contributed by atoms with van der Waals surface area (Å²) in [4.78, 5) is 3.87. The molecule has 0 fully saturated rings. The van der Waals surface area contributed by atoms with Gasteiger partial charge in [-0.2, -0.15) is 0 Å². The summed E-state index contributed by atoms with van der Waals surface area (Å²) >= 11 is 0.671. The van der Waals surface area contributed by atoms with Crippen LogP contribution in [0, 0.1) is 0 Å². The number of hydrogen-bond acceptors (Lipinski definition) is 4. The molecule has 0 amide bonds. The van der Waals surface area contributed by atoms with Crippen molar-refractivity contribution < 1.29 is 4.55 Å². The predicted octanol–water partition coefficient (Wildman–Crippen LogP) is 0.152. The molecular formula is C3H6N2OS. The van der Waals surface area contributed by atoms with Gasteiger partial charge in [-0.15, -0.1) is 0 Å². The highest BCUT2D eigenvalue weighted by atomic mass is 32.2. The predicted molar refractivity (Wildman–Crippen MR) is 30.5 cm³/mol. The molecule has 0 atom stereocenters. The first-order valence-electron chi connectivity index (χ1n) is 2.03. The smallest absolute Gasteiger partial charge is 0.184 e.